The number of nitrogens with zero attached hydrogens (tertiary/aromatic N) is 2. The van der Waals surface area contributed by atoms with Gasteiger partial charge in [0, 0.05) is 13.2 Å². The Labute approximate surface area is 113 Å². The first-order valence-corrected chi connectivity index (χ1v) is 6.11. The van der Waals surface area contributed by atoms with E-state index < -0.39 is 11.5 Å². The number of carbonyl (C=O) groups excluding carboxylic acids is 1. The van der Waals surface area contributed by atoms with Crippen molar-refractivity contribution in [2.75, 3.05) is 30.9 Å². The van der Waals surface area contributed by atoms with Gasteiger partial charge in [-0.3, -0.25) is 0 Å². The summed E-state index contributed by atoms with van der Waals surface area (Å²) in [5.74, 6) is -0.0246. The van der Waals surface area contributed by atoms with E-state index >= 15 is 0 Å². The second kappa shape index (κ2) is 5.88. The third-order valence-corrected chi connectivity index (χ3v) is 3.08. The lowest BCUT2D eigenvalue weighted by Crippen LogP contribution is -2.45. The van der Waals surface area contributed by atoms with Gasteiger partial charge in [0.05, 0.1) is 30.0 Å². The Kier molecular flexibility index (Phi) is 4.72. The maximum Gasteiger partial charge on any atom is 0.340 e. The van der Waals surface area contributed by atoms with E-state index in [1.165, 1.54) is 12.3 Å². The first-order valence-electron chi connectivity index (χ1n) is 6.11. The quantitative estimate of drug-likeness (QED) is 0.775. The number of likely N-dealkylation sites (N-methyl/N-ethyl adjacent to an activating group) is 1. The topological polar surface area (TPSA) is 88.7 Å². The van der Waals surface area contributed by atoms with Gasteiger partial charge in [0.2, 0.25) is 0 Å². The summed E-state index contributed by atoms with van der Waals surface area (Å²) in [7, 11) is 1.77. The number of aliphatic hydroxyl groups is 1. The van der Waals surface area contributed by atoms with Crippen molar-refractivity contribution >= 4 is 17.5 Å². The molecular formula is C13H21N3O3. The normalized spacial score (nSPS) is 11.2. The molecule has 106 valence electrons. The fraction of sp³-hybridized carbons (Fsp3) is 0.538. The van der Waals surface area contributed by atoms with E-state index in [0.717, 1.165) is 0 Å². The summed E-state index contributed by atoms with van der Waals surface area (Å²) < 4.78 is 4.94. The van der Waals surface area contributed by atoms with Gasteiger partial charge in [0.15, 0.2) is 5.82 Å². The molecule has 0 aliphatic heterocycles. The molecule has 0 saturated carbocycles. The second-order valence-electron chi connectivity index (χ2n) is 4.85. The van der Waals surface area contributed by atoms with Gasteiger partial charge in [-0.15, -0.1) is 0 Å². The number of nitrogen functional groups attached to an aromatic ring is 1. The Morgan fingerprint density at radius 2 is 2.21 bits per heavy atom. The van der Waals surface area contributed by atoms with Gasteiger partial charge in [-0.1, -0.05) is 0 Å². The van der Waals surface area contributed by atoms with Crippen LogP contribution in [0.2, 0.25) is 0 Å². The molecule has 0 aliphatic rings. The minimum atomic E-state index is -0.533. The van der Waals surface area contributed by atoms with Crippen LogP contribution in [0.3, 0.4) is 0 Å². The van der Waals surface area contributed by atoms with E-state index in [2.05, 4.69) is 4.98 Å². The third kappa shape index (κ3) is 3.14. The molecule has 6 nitrogen and oxygen atoms in total. The Morgan fingerprint density at radius 1 is 1.58 bits per heavy atom. The molecule has 0 bridgehead atoms. The van der Waals surface area contributed by atoms with Gasteiger partial charge in [-0.05, 0) is 26.8 Å². The van der Waals surface area contributed by atoms with Gasteiger partial charge >= 0.3 is 5.97 Å². The number of rotatable bonds is 5. The van der Waals surface area contributed by atoms with E-state index in [-0.39, 0.29) is 24.5 Å². The van der Waals surface area contributed by atoms with Crippen LogP contribution < -0.4 is 10.6 Å². The van der Waals surface area contributed by atoms with E-state index in [1.54, 1.807) is 18.9 Å². The highest BCUT2D eigenvalue weighted by Gasteiger charge is 2.27. The number of anilines is 2. The van der Waals surface area contributed by atoms with Crippen molar-refractivity contribution < 1.29 is 14.6 Å². The molecule has 6 heteroatoms. The van der Waals surface area contributed by atoms with Crippen LogP contribution in [0.1, 0.15) is 31.1 Å². The second-order valence-corrected chi connectivity index (χ2v) is 4.85. The van der Waals surface area contributed by atoms with Gasteiger partial charge < -0.3 is 20.5 Å². The minimum Gasteiger partial charge on any atom is -0.462 e. The molecule has 1 aromatic rings. The van der Waals surface area contributed by atoms with E-state index in [0.29, 0.717) is 5.82 Å². The van der Waals surface area contributed by atoms with Gasteiger partial charge in [0.1, 0.15) is 0 Å². The summed E-state index contributed by atoms with van der Waals surface area (Å²) in [5, 5.41) is 9.38. The first-order chi connectivity index (χ1) is 8.85. The lowest BCUT2D eigenvalue weighted by molar-refractivity contribution is 0.0527. The summed E-state index contributed by atoms with van der Waals surface area (Å²) >= 11 is 0. The smallest absolute Gasteiger partial charge is 0.340 e. The summed E-state index contributed by atoms with van der Waals surface area (Å²) in [6.45, 7) is 5.66. The van der Waals surface area contributed by atoms with Crippen molar-refractivity contribution in [2.24, 2.45) is 0 Å². The van der Waals surface area contributed by atoms with Crippen molar-refractivity contribution in [1.82, 2.24) is 4.98 Å². The number of hydrogen-bond acceptors (Lipinski definition) is 6. The third-order valence-electron chi connectivity index (χ3n) is 3.08. The Hall–Kier alpha value is -1.82. The van der Waals surface area contributed by atoms with Crippen molar-refractivity contribution in [3.05, 3.63) is 17.8 Å². The Balaban J connectivity index is 3.18. The fourth-order valence-electron chi connectivity index (χ4n) is 1.51. The number of ether oxygens (including phenoxy) is 1. The molecule has 3 N–H and O–H groups in total. The van der Waals surface area contributed by atoms with Gasteiger partial charge in [-0.25, -0.2) is 9.78 Å². The number of hydrogen-bond donors (Lipinski definition) is 2. The number of pyridine rings is 1. The minimum absolute atomic E-state index is 0.0613. The molecule has 1 rings (SSSR count). The van der Waals surface area contributed by atoms with E-state index in [9.17, 15) is 9.90 Å². The Bertz CT molecular complexity index is 460. The summed E-state index contributed by atoms with van der Waals surface area (Å²) in [6.07, 6.45) is 1.50. The van der Waals surface area contributed by atoms with Crippen LogP contribution in [0.4, 0.5) is 11.5 Å². The van der Waals surface area contributed by atoms with Crippen LogP contribution in [0, 0.1) is 0 Å². The van der Waals surface area contributed by atoms with E-state index in [4.69, 9.17) is 10.5 Å². The highest BCUT2D eigenvalue weighted by molar-refractivity contribution is 5.97. The maximum atomic E-state index is 11.8. The molecule has 1 heterocycles. The number of nitrogens with two attached hydrogens (primary N) is 1. The summed E-state index contributed by atoms with van der Waals surface area (Å²) in [6, 6.07) is 1.52. The molecule has 0 atom stereocenters. The van der Waals surface area contributed by atoms with Crippen molar-refractivity contribution in [3.8, 4) is 0 Å². The molecule has 1 aromatic heterocycles. The van der Waals surface area contributed by atoms with E-state index in [1.807, 2.05) is 13.8 Å². The largest absolute Gasteiger partial charge is 0.462 e. The molecule has 19 heavy (non-hydrogen) atoms. The average Bonchev–Trinajstić information content (AvgIpc) is 2.38. The highest BCUT2D eigenvalue weighted by Crippen LogP contribution is 2.28. The number of esters is 1. The van der Waals surface area contributed by atoms with Crippen LogP contribution in [-0.2, 0) is 4.74 Å². The van der Waals surface area contributed by atoms with Crippen LogP contribution in [0.25, 0.3) is 0 Å². The lowest BCUT2D eigenvalue weighted by Gasteiger charge is -2.35. The van der Waals surface area contributed by atoms with Gasteiger partial charge in [0.25, 0.3) is 0 Å². The van der Waals surface area contributed by atoms with Crippen molar-refractivity contribution in [3.63, 3.8) is 0 Å². The predicted molar refractivity (Wildman–Crippen MR) is 74.2 cm³/mol. The molecule has 0 saturated heterocycles. The zero-order valence-electron chi connectivity index (χ0n) is 11.8. The number of aliphatic hydroxyl groups excluding tert-OH is 1. The first kappa shape index (κ1) is 15.2. The average molecular weight is 267 g/mol. The fourth-order valence-corrected chi connectivity index (χ4v) is 1.51. The molecule has 0 radical (unpaired) electrons. The van der Waals surface area contributed by atoms with Crippen LogP contribution in [0.15, 0.2) is 12.3 Å². The highest BCUT2D eigenvalue weighted by atomic mass is 16.5. The van der Waals surface area contributed by atoms with Gasteiger partial charge in [-0.2, -0.15) is 0 Å². The molecule has 0 aliphatic carbocycles. The molecule has 0 unspecified atom stereocenters. The summed E-state index contributed by atoms with van der Waals surface area (Å²) in [5.41, 5.74) is 5.99. The van der Waals surface area contributed by atoms with Crippen LogP contribution in [0.5, 0.6) is 0 Å². The number of carbonyl (C=O) groups is 1. The Morgan fingerprint density at radius 3 is 2.74 bits per heavy atom. The summed E-state index contributed by atoms with van der Waals surface area (Å²) in [4.78, 5) is 17.7. The van der Waals surface area contributed by atoms with Crippen molar-refractivity contribution in [1.29, 1.82) is 0 Å². The number of aromatic nitrogens is 1. The zero-order valence-corrected chi connectivity index (χ0v) is 11.8. The van der Waals surface area contributed by atoms with Crippen LogP contribution >= 0.6 is 0 Å². The molecule has 0 spiro atoms. The molecule has 0 amide bonds. The zero-order chi connectivity index (χ0) is 14.6. The standard InChI is InChI=1S/C13H21N3O3/c1-5-19-12(18)9-6-7-15-11(10(9)14)16(4)13(2,3)8-17/h6-7,17H,5,8,14H2,1-4H3. The van der Waals surface area contributed by atoms with Crippen LogP contribution in [-0.4, -0.2) is 41.9 Å². The SMILES string of the molecule is CCOC(=O)c1ccnc(N(C)C(C)(C)CO)c1N. The predicted octanol–water partition coefficient (Wildman–Crippen LogP) is 1.05. The molecule has 0 fully saturated rings. The lowest BCUT2D eigenvalue weighted by atomic mass is 10.0. The monoisotopic (exact) mass is 267 g/mol. The van der Waals surface area contributed by atoms with Crippen molar-refractivity contribution in [2.45, 2.75) is 26.3 Å². The molecular weight excluding hydrogens is 246 g/mol. The molecule has 0 aromatic carbocycles. The maximum absolute atomic E-state index is 11.8.